The van der Waals surface area contributed by atoms with Crippen molar-refractivity contribution in [2.75, 3.05) is 11.4 Å². The molecule has 120 valence electrons. The summed E-state index contributed by atoms with van der Waals surface area (Å²) in [6, 6.07) is 15.0. The van der Waals surface area contributed by atoms with Gasteiger partial charge in [-0.1, -0.05) is 11.6 Å². The van der Waals surface area contributed by atoms with Crippen LogP contribution in [0.2, 0.25) is 5.02 Å². The fourth-order valence-corrected chi connectivity index (χ4v) is 3.06. The molecule has 0 amide bonds. The summed E-state index contributed by atoms with van der Waals surface area (Å²) in [5.41, 5.74) is 1.04. The molecule has 1 heterocycles. The van der Waals surface area contributed by atoms with E-state index in [1.807, 2.05) is 36.4 Å². The van der Waals surface area contributed by atoms with Crippen LogP contribution < -0.4 is 9.64 Å². The van der Waals surface area contributed by atoms with Crippen molar-refractivity contribution >= 4 is 23.3 Å². The number of hydrogen-bond acceptors (Lipinski definition) is 3. The number of anilines is 1. The Morgan fingerprint density at radius 3 is 2.35 bits per heavy atom. The Balaban J connectivity index is 1.69. The molecule has 0 radical (unpaired) electrons. The van der Waals surface area contributed by atoms with E-state index in [9.17, 15) is 4.79 Å². The Kier molecular flexibility index (Phi) is 4.72. The average Bonchev–Trinajstić information content (AvgIpc) is 2.98. The highest BCUT2D eigenvalue weighted by Gasteiger charge is 2.26. The first-order valence-corrected chi connectivity index (χ1v) is 8.01. The topological polar surface area (TPSA) is 49.8 Å². The van der Waals surface area contributed by atoms with Gasteiger partial charge in [-0.05, 0) is 61.4 Å². The van der Waals surface area contributed by atoms with Crippen LogP contribution in [0.5, 0.6) is 11.5 Å². The lowest BCUT2D eigenvalue weighted by Gasteiger charge is -2.25. The summed E-state index contributed by atoms with van der Waals surface area (Å²) in [4.78, 5) is 13.1. The Hall–Kier alpha value is -2.20. The zero-order valence-corrected chi connectivity index (χ0v) is 13.4. The van der Waals surface area contributed by atoms with Crippen LogP contribution in [0.1, 0.15) is 19.3 Å². The molecule has 23 heavy (non-hydrogen) atoms. The lowest BCUT2D eigenvalue weighted by Crippen LogP contribution is -2.31. The number of carboxylic acid groups (broad SMARTS) is 1. The van der Waals surface area contributed by atoms with E-state index in [1.165, 1.54) is 0 Å². The second-order valence-corrected chi connectivity index (χ2v) is 6.07. The number of halogens is 1. The summed E-state index contributed by atoms with van der Waals surface area (Å²) in [5, 5.41) is 9.68. The predicted octanol–water partition coefficient (Wildman–Crippen LogP) is 4.58. The van der Waals surface area contributed by atoms with Crippen LogP contribution >= 0.6 is 11.6 Å². The molecule has 1 aliphatic heterocycles. The molecular weight excluding hydrogens is 314 g/mol. The summed E-state index contributed by atoms with van der Waals surface area (Å²) in [6.45, 7) is 0.898. The molecule has 0 aromatic heterocycles. The highest BCUT2D eigenvalue weighted by atomic mass is 35.5. The second kappa shape index (κ2) is 6.92. The standard InChI is InChI=1S/C18H18ClNO3/c19-13-3-7-16(8-4-13)23-17-9-5-14(6-10-17)20-11-1-2-15(20)12-18(21)22/h3-10,15H,1-2,11-12H2,(H,21,22). The van der Waals surface area contributed by atoms with Crippen LogP contribution in [-0.2, 0) is 4.79 Å². The van der Waals surface area contributed by atoms with Gasteiger partial charge in [0.05, 0.1) is 6.42 Å². The Bertz CT molecular complexity index is 670. The second-order valence-electron chi connectivity index (χ2n) is 5.64. The third kappa shape index (κ3) is 3.96. The molecular formula is C18H18ClNO3. The lowest BCUT2D eigenvalue weighted by atomic mass is 10.1. The van der Waals surface area contributed by atoms with E-state index in [1.54, 1.807) is 12.1 Å². The van der Waals surface area contributed by atoms with Crippen LogP contribution in [0.25, 0.3) is 0 Å². The molecule has 1 atom stereocenters. The Morgan fingerprint density at radius 1 is 1.13 bits per heavy atom. The highest BCUT2D eigenvalue weighted by Crippen LogP contribution is 2.30. The number of ether oxygens (including phenoxy) is 1. The number of rotatable bonds is 5. The summed E-state index contributed by atoms with van der Waals surface area (Å²) in [5.74, 6) is 0.724. The molecule has 1 N–H and O–H groups in total. The summed E-state index contributed by atoms with van der Waals surface area (Å²) in [6.07, 6.45) is 2.14. The first-order valence-electron chi connectivity index (χ1n) is 7.64. The van der Waals surface area contributed by atoms with Gasteiger partial charge in [0.15, 0.2) is 0 Å². The number of benzene rings is 2. The largest absolute Gasteiger partial charge is 0.481 e. The fourth-order valence-electron chi connectivity index (χ4n) is 2.93. The molecule has 4 nitrogen and oxygen atoms in total. The van der Waals surface area contributed by atoms with Crippen molar-refractivity contribution in [1.82, 2.24) is 0 Å². The maximum absolute atomic E-state index is 11.0. The zero-order chi connectivity index (χ0) is 16.2. The third-order valence-corrected chi connectivity index (χ3v) is 4.26. The van der Waals surface area contributed by atoms with Crippen molar-refractivity contribution in [2.45, 2.75) is 25.3 Å². The van der Waals surface area contributed by atoms with E-state index in [0.717, 1.165) is 36.6 Å². The van der Waals surface area contributed by atoms with Crippen molar-refractivity contribution in [1.29, 1.82) is 0 Å². The first-order chi connectivity index (χ1) is 11.1. The fraction of sp³-hybridized carbons (Fsp3) is 0.278. The molecule has 0 saturated carbocycles. The zero-order valence-electron chi connectivity index (χ0n) is 12.6. The van der Waals surface area contributed by atoms with E-state index in [2.05, 4.69) is 4.90 Å². The van der Waals surface area contributed by atoms with Gasteiger partial charge in [-0.15, -0.1) is 0 Å². The SMILES string of the molecule is O=C(O)CC1CCCN1c1ccc(Oc2ccc(Cl)cc2)cc1. The number of aliphatic carboxylic acids is 1. The number of carbonyl (C=O) groups is 1. The highest BCUT2D eigenvalue weighted by molar-refractivity contribution is 6.30. The maximum atomic E-state index is 11.0. The normalized spacial score (nSPS) is 17.3. The molecule has 2 aromatic rings. The van der Waals surface area contributed by atoms with Gasteiger partial charge in [-0.25, -0.2) is 0 Å². The molecule has 0 spiro atoms. The summed E-state index contributed by atoms with van der Waals surface area (Å²) < 4.78 is 5.77. The third-order valence-electron chi connectivity index (χ3n) is 4.01. The monoisotopic (exact) mass is 331 g/mol. The number of hydrogen-bond donors (Lipinski definition) is 1. The van der Waals surface area contributed by atoms with Crippen molar-refractivity contribution in [2.24, 2.45) is 0 Å². The molecule has 1 aliphatic rings. The lowest BCUT2D eigenvalue weighted by molar-refractivity contribution is -0.137. The molecule has 3 rings (SSSR count). The minimum absolute atomic E-state index is 0.0792. The van der Waals surface area contributed by atoms with Gasteiger partial charge in [0.1, 0.15) is 11.5 Å². The summed E-state index contributed by atoms with van der Waals surface area (Å²) in [7, 11) is 0. The minimum atomic E-state index is -0.746. The molecule has 2 aromatic carbocycles. The van der Waals surface area contributed by atoms with E-state index in [-0.39, 0.29) is 12.5 Å². The van der Waals surface area contributed by atoms with Crippen LogP contribution in [0.15, 0.2) is 48.5 Å². The van der Waals surface area contributed by atoms with Crippen LogP contribution in [0.4, 0.5) is 5.69 Å². The smallest absolute Gasteiger partial charge is 0.305 e. The van der Waals surface area contributed by atoms with Gasteiger partial charge in [0, 0.05) is 23.3 Å². The predicted molar refractivity (Wildman–Crippen MR) is 90.6 cm³/mol. The van der Waals surface area contributed by atoms with Crippen molar-refractivity contribution in [3.63, 3.8) is 0 Å². The van der Waals surface area contributed by atoms with Crippen molar-refractivity contribution in [3.05, 3.63) is 53.6 Å². The van der Waals surface area contributed by atoms with Gasteiger partial charge < -0.3 is 14.7 Å². The van der Waals surface area contributed by atoms with Crippen molar-refractivity contribution < 1.29 is 14.6 Å². The van der Waals surface area contributed by atoms with E-state index >= 15 is 0 Å². The molecule has 1 saturated heterocycles. The van der Waals surface area contributed by atoms with E-state index < -0.39 is 5.97 Å². The van der Waals surface area contributed by atoms with Gasteiger partial charge >= 0.3 is 5.97 Å². The molecule has 0 bridgehead atoms. The maximum Gasteiger partial charge on any atom is 0.305 e. The Morgan fingerprint density at radius 2 is 1.74 bits per heavy atom. The Labute approximate surface area is 140 Å². The van der Waals surface area contributed by atoms with Crippen molar-refractivity contribution in [3.8, 4) is 11.5 Å². The van der Waals surface area contributed by atoms with Gasteiger partial charge in [-0.3, -0.25) is 4.79 Å². The molecule has 0 aliphatic carbocycles. The van der Waals surface area contributed by atoms with Gasteiger partial charge in [0.2, 0.25) is 0 Å². The van der Waals surface area contributed by atoms with Crippen LogP contribution in [0.3, 0.4) is 0 Å². The minimum Gasteiger partial charge on any atom is -0.481 e. The molecule has 1 unspecified atom stereocenters. The molecule has 5 heteroatoms. The van der Waals surface area contributed by atoms with Crippen LogP contribution in [-0.4, -0.2) is 23.7 Å². The molecule has 1 fully saturated rings. The summed E-state index contributed by atoms with van der Waals surface area (Å²) >= 11 is 5.85. The van der Waals surface area contributed by atoms with E-state index in [0.29, 0.717) is 5.02 Å². The average molecular weight is 332 g/mol. The quantitative estimate of drug-likeness (QED) is 0.871. The van der Waals surface area contributed by atoms with Gasteiger partial charge in [0.25, 0.3) is 0 Å². The van der Waals surface area contributed by atoms with E-state index in [4.69, 9.17) is 21.4 Å². The van der Waals surface area contributed by atoms with Gasteiger partial charge in [-0.2, -0.15) is 0 Å². The number of carboxylic acids is 1. The number of nitrogens with zero attached hydrogens (tertiary/aromatic N) is 1. The van der Waals surface area contributed by atoms with Crippen LogP contribution in [0, 0.1) is 0 Å². The first kappa shape index (κ1) is 15.7.